The average molecular weight is 476 g/mol. The predicted octanol–water partition coefficient (Wildman–Crippen LogP) is 5.68. The second kappa shape index (κ2) is 12.3. The van der Waals surface area contributed by atoms with Crippen LogP contribution in [0.25, 0.3) is 5.57 Å². The summed E-state index contributed by atoms with van der Waals surface area (Å²) >= 11 is 0. The number of piperidine rings is 1. The topological polar surface area (TPSA) is 44.4 Å². The number of amides is 1. The van der Waals surface area contributed by atoms with Crippen molar-refractivity contribution in [3.8, 4) is 0 Å². The molecule has 1 aliphatic rings. The lowest BCUT2D eigenvalue weighted by Gasteiger charge is -2.31. The van der Waals surface area contributed by atoms with E-state index >= 15 is 0 Å². The Balaban J connectivity index is 1.27. The summed E-state index contributed by atoms with van der Waals surface area (Å²) in [5.74, 6) is -0.429. The fourth-order valence-electron chi connectivity index (χ4n) is 4.41. The first kappa shape index (κ1) is 24.6. The van der Waals surface area contributed by atoms with Crippen LogP contribution in [0.3, 0.4) is 0 Å². The summed E-state index contributed by atoms with van der Waals surface area (Å²) in [6.45, 7) is 3.04. The Kier molecular flexibility index (Phi) is 8.63. The zero-order valence-electron chi connectivity index (χ0n) is 19.7. The van der Waals surface area contributed by atoms with Crippen LogP contribution in [-0.4, -0.2) is 37.1 Å². The normalized spacial score (nSPS) is 14.3. The van der Waals surface area contributed by atoms with Crippen molar-refractivity contribution in [1.82, 2.24) is 10.2 Å². The molecule has 0 aliphatic carbocycles. The molecule has 2 N–H and O–H groups in total. The van der Waals surface area contributed by atoms with Crippen molar-refractivity contribution in [3.05, 3.63) is 108 Å². The second-order valence-corrected chi connectivity index (χ2v) is 8.80. The Hall–Kier alpha value is -3.51. The molecule has 182 valence electrons. The smallest absolute Gasteiger partial charge is 0.224 e. The van der Waals surface area contributed by atoms with Gasteiger partial charge in [-0.25, -0.2) is 8.78 Å². The van der Waals surface area contributed by atoms with Gasteiger partial charge in [0.05, 0.1) is 6.67 Å². The largest absolute Gasteiger partial charge is 0.368 e. The molecule has 0 unspecified atom stereocenters. The highest BCUT2D eigenvalue weighted by molar-refractivity contribution is 5.80. The van der Waals surface area contributed by atoms with Crippen molar-refractivity contribution in [2.45, 2.75) is 19.3 Å². The number of likely N-dealkylation sites (tertiary alicyclic amines) is 1. The van der Waals surface area contributed by atoms with Gasteiger partial charge in [0, 0.05) is 18.2 Å². The molecule has 3 aromatic carbocycles. The molecule has 0 radical (unpaired) electrons. The van der Waals surface area contributed by atoms with Gasteiger partial charge in [-0.1, -0.05) is 48.5 Å². The molecule has 1 aliphatic heterocycles. The van der Waals surface area contributed by atoms with Crippen LogP contribution in [0.5, 0.6) is 0 Å². The van der Waals surface area contributed by atoms with E-state index in [0.717, 1.165) is 61.3 Å². The molecule has 0 aromatic heterocycles. The maximum Gasteiger partial charge on any atom is 0.224 e. The number of anilines is 1. The van der Waals surface area contributed by atoms with Gasteiger partial charge >= 0.3 is 0 Å². The van der Waals surface area contributed by atoms with Gasteiger partial charge in [-0.05, 0) is 85.5 Å². The van der Waals surface area contributed by atoms with E-state index in [1.807, 2.05) is 30.3 Å². The summed E-state index contributed by atoms with van der Waals surface area (Å²) in [6, 6.07) is 22.6. The van der Waals surface area contributed by atoms with E-state index in [9.17, 15) is 13.6 Å². The number of carbonyl (C=O) groups is 1. The monoisotopic (exact) mass is 475 g/mol. The van der Waals surface area contributed by atoms with Gasteiger partial charge < -0.3 is 15.5 Å². The van der Waals surface area contributed by atoms with Crippen LogP contribution >= 0.6 is 0 Å². The Labute approximate surface area is 205 Å². The molecule has 6 heteroatoms. The highest BCUT2D eigenvalue weighted by atomic mass is 19.1. The van der Waals surface area contributed by atoms with Crippen LogP contribution in [0.2, 0.25) is 0 Å². The summed E-state index contributed by atoms with van der Waals surface area (Å²) in [7, 11) is 0. The molecular formula is C29H31F2N3O. The number of rotatable bonds is 9. The van der Waals surface area contributed by atoms with E-state index in [2.05, 4.69) is 21.6 Å². The molecule has 1 saturated heterocycles. The minimum atomic E-state index is -0.282. The first-order chi connectivity index (χ1) is 17.1. The molecule has 1 heterocycles. The quantitative estimate of drug-likeness (QED) is 0.391. The molecule has 1 fully saturated rings. The van der Waals surface area contributed by atoms with Crippen molar-refractivity contribution >= 4 is 17.2 Å². The van der Waals surface area contributed by atoms with Gasteiger partial charge in [0.15, 0.2) is 0 Å². The Morgan fingerprint density at radius 1 is 0.857 bits per heavy atom. The third kappa shape index (κ3) is 7.23. The van der Waals surface area contributed by atoms with E-state index in [1.54, 1.807) is 24.3 Å². The van der Waals surface area contributed by atoms with E-state index in [0.29, 0.717) is 6.67 Å². The van der Waals surface area contributed by atoms with Crippen molar-refractivity contribution in [2.24, 2.45) is 5.92 Å². The highest BCUT2D eigenvalue weighted by Gasteiger charge is 2.24. The standard InChI is InChI=1S/C29H31F2N3O/c30-25-12-8-22(9-13-25)28(23-10-14-26(31)15-11-23)7-4-18-34-19-16-24(17-20-34)29(35)33-21-32-27-5-2-1-3-6-27/h1-3,5-15,24,32H,4,16-21H2,(H,33,35). The van der Waals surface area contributed by atoms with Gasteiger partial charge in [-0.15, -0.1) is 0 Å². The maximum absolute atomic E-state index is 13.4. The van der Waals surface area contributed by atoms with Gasteiger partial charge in [0.1, 0.15) is 11.6 Å². The number of benzene rings is 3. The van der Waals surface area contributed by atoms with Crippen molar-refractivity contribution in [2.75, 3.05) is 31.6 Å². The van der Waals surface area contributed by atoms with E-state index in [1.165, 1.54) is 24.3 Å². The summed E-state index contributed by atoms with van der Waals surface area (Å²) in [5, 5.41) is 6.19. The molecule has 0 atom stereocenters. The van der Waals surface area contributed by atoms with Crippen molar-refractivity contribution < 1.29 is 13.6 Å². The van der Waals surface area contributed by atoms with Crippen LogP contribution in [0.4, 0.5) is 14.5 Å². The molecule has 4 rings (SSSR count). The third-order valence-electron chi connectivity index (χ3n) is 6.39. The Morgan fingerprint density at radius 3 is 2.00 bits per heavy atom. The number of hydrogen-bond donors (Lipinski definition) is 2. The fourth-order valence-corrected chi connectivity index (χ4v) is 4.41. The lowest BCUT2D eigenvalue weighted by Crippen LogP contribution is -2.41. The van der Waals surface area contributed by atoms with E-state index in [4.69, 9.17) is 0 Å². The predicted molar refractivity (Wildman–Crippen MR) is 137 cm³/mol. The van der Waals surface area contributed by atoms with Gasteiger partial charge in [-0.2, -0.15) is 0 Å². The first-order valence-electron chi connectivity index (χ1n) is 12.1. The Morgan fingerprint density at radius 2 is 1.43 bits per heavy atom. The van der Waals surface area contributed by atoms with E-state index in [-0.39, 0.29) is 23.5 Å². The minimum Gasteiger partial charge on any atom is -0.368 e. The summed E-state index contributed by atoms with van der Waals surface area (Å²) in [4.78, 5) is 14.9. The number of hydrogen-bond acceptors (Lipinski definition) is 3. The zero-order valence-corrected chi connectivity index (χ0v) is 19.7. The SMILES string of the molecule is O=C(NCNc1ccccc1)C1CCN(CCC=C(c2ccc(F)cc2)c2ccc(F)cc2)CC1. The molecular weight excluding hydrogens is 444 g/mol. The van der Waals surface area contributed by atoms with Crippen LogP contribution in [-0.2, 0) is 4.79 Å². The molecule has 1 amide bonds. The molecule has 3 aromatic rings. The summed E-state index contributed by atoms with van der Waals surface area (Å²) in [6.07, 6.45) is 4.61. The lowest BCUT2D eigenvalue weighted by molar-refractivity contribution is -0.126. The molecule has 0 bridgehead atoms. The van der Waals surface area contributed by atoms with Gasteiger partial charge in [-0.3, -0.25) is 4.79 Å². The number of halogens is 2. The maximum atomic E-state index is 13.4. The van der Waals surface area contributed by atoms with Crippen LogP contribution in [0, 0.1) is 17.6 Å². The van der Waals surface area contributed by atoms with Crippen LogP contribution in [0.15, 0.2) is 84.9 Å². The second-order valence-electron chi connectivity index (χ2n) is 8.80. The average Bonchev–Trinajstić information content (AvgIpc) is 2.89. The number of para-hydroxylation sites is 1. The molecule has 4 nitrogen and oxygen atoms in total. The number of nitrogens with zero attached hydrogens (tertiary/aromatic N) is 1. The zero-order chi connectivity index (χ0) is 24.5. The fraction of sp³-hybridized carbons (Fsp3) is 0.276. The molecule has 35 heavy (non-hydrogen) atoms. The highest BCUT2D eigenvalue weighted by Crippen LogP contribution is 2.25. The minimum absolute atomic E-state index is 0.0355. The third-order valence-corrected chi connectivity index (χ3v) is 6.39. The van der Waals surface area contributed by atoms with Crippen LogP contribution < -0.4 is 10.6 Å². The lowest BCUT2D eigenvalue weighted by atomic mass is 9.95. The summed E-state index contributed by atoms with van der Waals surface area (Å²) < 4.78 is 26.9. The summed E-state index contributed by atoms with van der Waals surface area (Å²) in [5.41, 5.74) is 3.75. The van der Waals surface area contributed by atoms with Crippen LogP contribution in [0.1, 0.15) is 30.4 Å². The molecule has 0 spiro atoms. The first-order valence-corrected chi connectivity index (χ1v) is 12.1. The van der Waals surface area contributed by atoms with Gasteiger partial charge in [0.25, 0.3) is 0 Å². The van der Waals surface area contributed by atoms with Gasteiger partial charge in [0.2, 0.25) is 5.91 Å². The number of carbonyl (C=O) groups excluding carboxylic acids is 1. The van der Waals surface area contributed by atoms with E-state index < -0.39 is 0 Å². The Bertz CT molecular complexity index is 1060. The van der Waals surface area contributed by atoms with Crippen molar-refractivity contribution in [3.63, 3.8) is 0 Å². The number of nitrogens with one attached hydrogen (secondary N) is 2. The molecule has 0 saturated carbocycles. The van der Waals surface area contributed by atoms with Crippen molar-refractivity contribution in [1.29, 1.82) is 0 Å².